The van der Waals surface area contributed by atoms with Crippen LogP contribution in [0.15, 0.2) is 70.6 Å². The Hall–Kier alpha value is -2.84. The van der Waals surface area contributed by atoms with E-state index in [9.17, 15) is 4.79 Å². The second-order valence-corrected chi connectivity index (χ2v) is 10.9. The first-order valence-electron chi connectivity index (χ1n) is 13.4. The lowest BCUT2D eigenvalue weighted by Gasteiger charge is -2.26. The van der Waals surface area contributed by atoms with Gasteiger partial charge in [0.1, 0.15) is 0 Å². The third-order valence-electron chi connectivity index (χ3n) is 5.86. The Labute approximate surface area is 253 Å². The Morgan fingerprint density at radius 3 is 2.33 bits per heavy atom. The maximum atomic E-state index is 13.0. The van der Waals surface area contributed by atoms with Crippen LogP contribution < -0.4 is 9.62 Å². The average Bonchev–Trinajstić information content (AvgIpc) is 2.97. The van der Waals surface area contributed by atoms with Gasteiger partial charge >= 0.3 is 0 Å². The first kappa shape index (κ1) is 33.4. The largest absolute Gasteiger partial charge is 0.322 e. The van der Waals surface area contributed by atoms with Gasteiger partial charge in [0.2, 0.25) is 0 Å². The zero-order valence-corrected chi connectivity index (χ0v) is 26.3. The molecule has 0 aliphatic rings. The van der Waals surface area contributed by atoms with Crippen molar-refractivity contribution < 1.29 is 4.79 Å². The molecule has 0 radical (unpaired) electrons. The van der Waals surface area contributed by atoms with Crippen LogP contribution in [0.1, 0.15) is 62.0 Å². The number of anilines is 2. The van der Waals surface area contributed by atoms with Crippen LogP contribution in [0.4, 0.5) is 17.1 Å². The second-order valence-electron chi connectivity index (χ2n) is 8.83. The lowest BCUT2D eigenvalue weighted by Crippen LogP contribution is -2.22. The Morgan fingerprint density at radius 1 is 0.975 bits per heavy atom. The van der Waals surface area contributed by atoms with Crippen molar-refractivity contribution >= 4 is 71.2 Å². The molecule has 0 aliphatic carbocycles. The molecule has 0 aromatic heterocycles. The lowest BCUT2D eigenvalue weighted by molar-refractivity contribution is 0.102. The highest BCUT2D eigenvalue weighted by Gasteiger charge is 2.15. The summed E-state index contributed by atoms with van der Waals surface area (Å²) in [6.45, 7) is 14.2. The summed E-state index contributed by atoms with van der Waals surface area (Å²) < 4.78 is 4.24. The van der Waals surface area contributed by atoms with Crippen LogP contribution >= 0.6 is 35.3 Å². The molecule has 1 N–H and O–H groups in total. The molecular weight excluding hydrogens is 561 g/mol. The molecule has 0 fully saturated rings. The molecule has 0 atom stereocenters. The molecule has 6 nitrogen and oxygen atoms in total. The van der Waals surface area contributed by atoms with Crippen LogP contribution in [0.25, 0.3) is 0 Å². The standard InChI is InChI=1S/C27H29Cl2N5OS.C4H10/c1-5-33(4)36-34(6-2)22-12-13-23(25(29)16-22)27(35)32-21-11-14-24(28)20(15-21)18-31-17-19-9-7-8-10-26(19)30-3;1-3-4-2/h7-17H,3,5-6,18H2,1-2,4H3,(H,32,35);3-4H2,1-2H3. The fourth-order valence-corrected chi connectivity index (χ4v) is 4.53. The van der Waals surface area contributed by atoms with Crippen molar-refractivity contribution in [3.63, 3.8) is 0 Å². The van der Waals surface area contributed by atoms with E-state index in [1.54, 1.807) is 36.5 Å². The van der Waals surface area contributed by atoms with Crippen molar-refractivity contribution in [1.29, 1.82) is 0 Å². The summed E-state index contributed by atoms with van der Waals surface area (Å²) in [5, 5.41) is 3.87. The number of halogens is 2. The van der Waals surface area contributed by atoms with E-state index in [0.717, 1.165) is 35.6 Å². The highest BCUT2D eigenvalue weighted by Crippen LogP contribution is 2.30. The molecule has 0 saturated heterocycles. The van der Waals surface area contributed by atoms with Gasteiger partial charge in [0.15, 0.2) is 0 Å². The molecule has 0 spiro atoms. The fourth-order valence-electron chi connectivity index (χ4n) is 3.31. The number of hydrogen-bond donors (Lipinski definition) is 1. The summed E-state index contributed by atoms with van der Waals surface area (Å²) in [5.74, 6) is -0.296. The van der Waals surface area contributed by atoms with Crippen molar-refractivity contribution in [2.45, 2.75) is 47.1 Å². The summed E-state index contributed by atoms with van der Waals surface area (Å²) in [7, 11) is 2.03. The van der Waals surface area contributed by atoms with Gasteiger partial charge in [-0.3, -0.25) is 14.8 Å². The van der Waals surface area contributed by atoms with Gasteiger partial charge in [0.25, 0.3) is 5.91 Å². The van der Waals surface area contributed by atoms with E-state index in [1.165, 1.54) is 12.8 Å². The van der Waals surface area contributed by atoms with Gasteiger partial charge in [-0.1, -0.05) is 75.0 Å². The normalized spacial score (nSPS) is 10.8. The molecule has 0 unspecified atom stereocenters. The summed E-state index contributed by atoms with van der Waals surface area (Å²) in [5.41, 5.74) is 4.35. The van der Waals surface area contributed by atoms with Crippen LogP contribution in [0.3, 0.4) is 0 Å². The van der Waals surface area contributed by atoms with Crippen LogP contribution in [0.5, 0.6) is 0 Å². The molecule has 3 aromatic rings. The van der Waals surface area contributed by atoms with Gasteiger partial charge in [-0.2, -0.15) is 0 Å². The number of nitrogens with zero attached hydrogens (tertiary/aromatic N) is 4. The Morgan fingerprint density at radius 2 is 1.70 bits per heavy atom. The summed E-state index contributed by atoms with van der Waals surface area (Å²) >= 11 is 14.5. The third-order valence-corrected chi connectivity index (χ3v) is 7.74. The molecule has 214 valence electrons. The fraction of sp³-hybridized carbons (Fsp3) is 0.323. The molecular formula is C31H39Cl2N5OS. The molecule has 0 bridgehead atoms. The number of amides is 1. The van der Waals surface area contributed by atoms with E-state index in [1.807, 2.05) is 49.5 Å². The van der Waals surface area contributed by atoms with Crippen LogP contribution in [-0.2, 0) is 6.54 Å². The summed E-state index contributed by atoms with van der Waals surface area (Å²) in [6.07, 6.45) is 4.38. The number of hydrogen-bond acceptors (Lipinski definition) is 6. The van der Waals surface area contributed by atoms with Crippen molar-refractivity contribution in [2.24, 2.45) is 9.98 Å². The smallest absolute Gasteiger partial charge is 0.257 e. The Kier molecular flexibility index (Phi) is 14.8. The molecule has 3 aromatic carbocycles. The van der Waals surface area contributed by atoms with Crippen molar-refractivity contribution in [3.8, 4) is 0 Å². The van der Waals surface area contributed by atoms with E-state index in [2.05, 4.69) is 58.3 Å². The summed E-state index contributed by atoms with van der Waals surface area (Å²) in [6, 6.07) is 18.4. The number of nitrogens with one attached hydrogen (secondary N) is 1. The minimum Gasteiger partial charge on any atom is -0.322 e. The van der Waals surface area contributed by atoms with Gasteiger partial charge in [0, 0.05) is 53.4 Å². The Balaban J connectivity index is 0.00000131. The molecule has 3 rings (SSSR count). The zero-order valence-electron chi connectivity index (χ0n) is 24.0. The first-order chi connectivity index (χ1) is 19.3. The predicted octanol–water partition coefficient (Wildman–Crippen LogP) is 9.34. The van der Waals surface area contributed by atoms with Crippen molar-refractivity contribution in [2.75, 3.05) is 29.8 Å². The number of carbonyl (C=O) groups is 1. The van der Waals surface area contributed by atoms with Crippen molar-refractivity contribution in [3.05, 3.63) is 87.4 Å². The average molecular weight is 601 g/mol. The number of benzene rings is 3. The molecule has 0 heterocycles. The second kappa shape index (κ2) is 17.8. The van der Waals surface area contributed by atoms with Gasteiger partial charge in [0.05, 0.1) is 22.8 Å². The SMILES string of the molecule is C=Nc1ccccc1C=NCc1cc(NC(=O)c2ccc(N(CC)SN(C)CC)cc2Cl)ccc1Cl.CCCC. The molecule has 1 amide bonds. The highest BCUT2D eigenvalue weighted by molar-refractivity contribution is 7.98. The maximum Gasteiger partial charge on any atom is 0.257 e. The number of rotatable bonds is 12. The minimum absolute atomic E-state index is 0.296. The van der Waals surface area contributed by atoms with Crippen LogP contribution in [0.2, 0.25) is 10.0 Å². The number of para-hydroxylation sites is 1. The first-order valence-corrected chi connectivity index (χ1v) is 14.9. The maximum absolute atomic E-state index is 13.0. The van der Waals surface area contributed by atoms with Gasteiger partial charge in [-0.25, -0.2) is 4.31 Å². The van der Waals surface area contributed by atoms with E-state index < -0.39 is 0 Å². The number of unbranched alkanes of at least 4 members (excludes halogenated alkanes) is 1. The molecule has 0 aliphatic heterocycles. The molecule has 0 saturated carbocycles. The van der Waals surface area contributed by atoms with Gasteiger partial charge < -0.3 is 9.62 Å². The third kappa shape index (κ3) is 10.3. The highest BCUT2D eigenvalue weighted by atomic mass is 35.5. The van der Waals surface area contributed by atoms with Gasteiger partial charge in [-0.15, -0.1) is 0 Å². The topological polar surface area (TPSA) is 60.3 Å². The minimum atomic E-state index is -0.296. The summed E-state index contributed by atoms with van der Waals surface area (Å²) in [4.78, 5) is 21.5. The zero-order chi connectivity index (χ0) is 29.5. The van der Waals surface area contributed by atoms with Crippen LogP contribution in [0, 0.1) is 0 Å². The predicted molar refractivity (Wildman–Crippen MR) is 177 cm³/mol. The monoisotopic (exact) mass is 599 g/mol. The van der Waals surface area contributed by atoms with E-state index in [-0.39, 0.29) is 5.91 Å². The van der Waals surface area contributed by atoms with E-state index >= 15 is 0 Å². The van der Waals surface area contributed by atoms with Gasteiger partial charge in [-0.05, 0) is 68.7 Å². The van der Waals surface area contributed by atoms with E-state index in [0.29, 0.717) is 27.8 Å². The van der Waals surface area contributed by atoms with Crippen LogP contribution in [-0.4, -0.2) is 43.3 Å². The van der Waals surface area contributed by atoms with Crippen molar-refractivity contribution in [1.82, 2.24) is 4.31 Å². The Bertz CT molecular complexity index is 1280. The number of aliphatic imine (C=N–C) groups is 2. The molecule has 9 heteroatoms. The quantitative estimate of drug-likeness (QED) is 0.166. The number of carbonyl (C=O) groups excluding carboxylic acids is 1. The molecule has 40 heavy (non-hydrogen) atoms. The lowest BCUT2D eigenvalue weighted by atomic mass is 10.1. The van der Waals surface area contributed by atoms with E-state index in [4.69, 9.17) is 23.2 Å².